The zero-order valence-electron chi connectivity index (χ0n) is 12.5. The first-order valence-corrected chi connectivity index (χ1v) is 7.57. The summed E-state index contributed by atoms with van der Waals surface area (Å²) >= 11 is 1.34. The molecular formula is C15H20N2O3S. The molecule has 1 unspecified atom stereocenters. The number of ether oxygens (including phenoxy) is 1. The van der Waals surface area contributed by atoms with Gasteiger partial charge in [-0.1, -0.05) is 6.92 Å². The van der Waals surface area contributed by atoms with Gasteiger partial charge in [0.2, 0.25) is 5.91 Å². The van der Waals surface area contributed by atoms with E-state index in [1.807, 2.05) is 13.8 Å². The number of esters is 1. The van der Waals surface area contributed by atoms with E-state index in [1.54, 1.807) is 6.92 Å². The number of nitrogens with one attached hydrogen (secondary N) is 1. The maximum atomic E-state index is 12.1. The Bertz CT molecular complexity index is 572. The summed E-state index contributed by atoms with van der Waals surface area (Å²) in [6, 6.07) is -0.794. The summed E-state index contributed by atoms with van der Waals surface area (Å²) < 4.78 is 5.07. The molecule has 0 aromatic carbocycles. The molecule has 1 heterocycles. The molecule has 0 aliphatic rings. The Morgan fingerprint density at radius 2 is 2.14 bits per heavy atom. The fourth-order valence-electron chi connectivity index (χ4n) is 1.94. The number of carbonyl (C=O) groups excluding carboxylic acids is 2. The summed E-state index contributed by atoms with van der Waals surface area (Å²) in [5, 5.41) is 3.16. The fourth-order valence-corrected chi connectivity index (χ4v) is 3.07. The Balaban J connectivity index is 3.10. The molecule has 0 aliphatic carbocycles. The molecule has 3 N–H and O–H groups in total. The molecule has 0 saturated carbocycles. The second kappa shape index (κ2) is 7.81. The van der Waals surface area contributed by atoms with Gasteiger partial charge in [0.1, 0.15) is 5.00 Å². The quantitative estimate of drug-likeness (QED) is 0.623. The predicted octanol–water partition coefficient (Wildman–Crippen LogP) is 2.08. The number of nitrogens with two attached hydrogens (primary N) is 1. The molecule has 0 aliphatic heterocycles. The van der Waals surface area contributed by atoms with Crippen LogP contribution in [0.1, 0.15) is 41.1 Å². The smallest absolute Gasteiger partial charge is 0.341 e. The van der Waals surface area contributed by atoms with Crippen molar-refractivity contribution >= 4 is 28.2 Å². The average Bonchev–Trinajstić information content (AvgIpc) is 2.74. The molecule has 1 amide bonds. The van der Waals surface area contributed by atoms with Crippen molar-refractivity contribution in [1.29, 1.82) is 0 Å². The van der Waals surface area contributed by atoms with Gasteiger partial charge >= 0.3 is 5.97 Å². The van der Waals surface area contributed by atoms with Gasteiger partial charge in [0.05, 0.1) is 18.2 Å². The molecule has 114 valence electrons. The van der Waals surface area contributed by atoms with E-state index in [0.29, 0.717) is 17.0 Å². The van der Waals surface area contributed by atoms with Crippen molar-refractivity contribution in [3.05, 3.63) is 16.0 Å². The van der Waals surface area contributed by atoms with Crippen LogP contribution in [0.4, 0.5) is 5.00 Å². The van der Waals surface area contributed by atoms with Crippen LogP contribution < -0.4 is 11.1 Å². The van der Waals surface area contributed by atoms with Gasteiger partial charge in [-0.3, -0.25) is 4.79 Å². The Labute approximate surface area is 128 Å². The lowest BCUT2D eigenvalue weighted by Crippen LogP contribution is -2.35. The van der Waals surface area contributed by atoms with Crippen LogP contribution >= 0.6 is 11.3 Å². The van der Waals surface area contributed by atoms with Gasteiger partial charge in [-0.2, -0.15) is 0 Å². The number of hydrogen-bond acceptors (Lipinski definition) is 5. The second-order valence-electron chi connectivity index (χ2n) is 4.42. The zero-order chi connectivity index (χ0) is 16.0. The van der Waals surface area contributed by atoms with Gasteiger partial charge in [0, 0.05) is 11.3 Å². The number of terminal acetylenes is 1. The molecule has 0 bridgehead atoms. The lowest BCUT2D eigenvalue weighted by molar-refractivity contribution is -0.117. The van der Waals surface area contributed by atoms with E-state index in [2.05, 4.69) is 11.2 Å². The van der Waals surface area contributed by atoms with Gasteiger partial charge in [0.15, 0.2) is 0 Å². The van der Waals surface area contributed by atoms with Crippen molar-refractivity contribution in [2.75, 3.05) is 11.9 Å². The number of hydrogen-bond donors (Lipinski definition) is 2. The first-order valence-electron chi connectivity index (χ1n) is 6.75. The number of rotatable bonds is 6. The molecule has 0 radical (unpaired) electrons. The molecule has 0 fully saturated rings. The van der Waals surface area contributed by atoms with Crippen LogP contribution in [0.25, 0.3) is 0 Å². The molecule has 1 rings (SSSR count). The van der Waals surface area contributed by atoms with Crippen LogP contribution in [0.15, 0.2) is 0 Å². The average molecular weight is 308 g/mol. The van der Waals surface area contributed by atoms with Crippen molar-refractivity contribution in [3.8, 4) is 12.3 Å². The highest BCUT2D eigenvalue weighted by molar-refractivity contribution is 7.16. The topological polar surface area (TPSA) is 81.4 Å². The van der Waals surface area contributed by atoms with Crippen LogP contribution in [-0.4, -0.2) is 24.5 Å². The van der Waals surface area contributed by atoms with E-state index in [9.17, 15) is 9.59 Å². The van der Waals surface area contributed by atoms with Gasteiger partial charge in [-0.05, 0) is 25.8 Å². The summed E-state index contributed by atoms with van der Waals surface area (Å²) in [5.74, 6) is 1.51. The number of anilines is 1. The molecule has 1 atom stereocenters. The van der Waals surface area contributed by atoms with E-state index in [1.165, 1.54) is 11.3 Å². The highest BCUT2D eigenvalue weighted by Gasteiger charge is 2.24. The standard InChI is InChI=1S/C15H20N2O3S/c1-5-8-11(16)13(18)17-14-12(15(19)20-7-3)10(6-2)9(4)21-14/h1,11H,6-8,16H2,2-4H3,(H,17,18). The van der Waals surface area contributed by atoms with E-state index in [0.717, 1.165) is 10.4 Å². The molecule has 6 heteroatoms. The SMILES string of the molecule is C#CCC(N)C(=O)Nc1sc(C)c(CC)c1C(=O)OCC. The third kappa shape index (κ3) is 4.06. The first-order chi connectivity index (χ1) is 9.96. The molecule has 0 saturated heterocycles. The monoisotopic (exact) mass is 308 g/mol. The Morgan fingerprint density at radius 1 is 1.48 bits per heavy atom. The number of amides is 1. The summed E-state index contributed by atoms with van der Waals surface area (Å²) in [7, 11) is 0. The van der Waals surface area contributed by atoms with Gasteiger partial charge in [-0.25, -0.2) is 4.79 Å². The van der Waals surface area contributed by atoms with Crippen LogP contribution in [0.3, 0.4) is 0 Å². The molecule has 21 heavy (non-hydrogen) atoms. The van der Waals surface area contributed by atoms with E-state index in [4.69, 9.17) is 16.9 Å². The summed E-state index contributed by atoms with van der Waals surface area (Å²) in [6.45, 7) is 5.88. The maximum absolute atomic E-state index is 12.1. The second-order valence-corrected chi connectivity index (χ2v) is 5.64. The van der Waals surface area contributed by atoms with Gasteiger partial charge < -0.3 is 15.8 Å². The molecular weight excluding hydrogens is 288 g/mol. The molecule has 1 aromatic heterocycles. The van der Waals surface area contributed by atoms with Crippen LogP contribution in [-0.2, 0) is 16.0 Å². The Hall–Kier alpha value is -1.84. The highest BCUT2D eigenvalue weighted by Crippen LogP contribution is 2.34. The van der Waals surface area contributed by atoms with Crippen molar-refractivity contribution in [1.82, 2.24) is 0 Å². The van der Waals surface area contributed by atoms with Crippen molar-refractivity contribution in [2.24, 2.45) is 5.73 Å². The van der Waals surface area contributed by atoms with Crippen molar-refractivity contribution in [2.45, 2.75) is 39.7 Å². The molecule has 1 aromatic rings. The maximum Gasteiger partial charge on any atom is 0.341 e. The van der Waals surface area contributed by atoms with Crippen LogP contribution in [0.5, 0.6) is 0 Å². The van der Waals surface area contributed by atoms with E-state index < -0.39 is 17.9 Å². The summed E-state index contributed by atoms with van der Waals surface area (Å²) in [4.78, 5) is 25.0. The minimum atomic E-state index is -0.794. The minimum absolute atomic E-state index is 0.144. The van der Waals surface area contributed by atoms with Gasteiger partial charge in [-0.15, -0.1) is 23.7 Å². The number of aryl methyl sites for hydroxylation is 1. The highest BCUT2D eigenvalue weighted by atomic mass is 32.1. The summed E-state index contributed by atoms with van der Waals surface area (Å²) in [6.07, 6.45) is 5.97. The van der Waals surface area contributed by atoms with Crippen LogP contribution in [0.2, 0.25) is 0 Å². The Kier molecular flexibility index (Phi) is 6.40. The van der Waals surface area contributed by atoms with Crippen molar-refractivity contribution < 1.29 is 14.3 Å². The molecule has 5 nitrogen and oxygen atoms in total. The normalized spacial score (nSPS) is 11.6. The van der Waals surface area contributed by atoms with Crippen molar-refractivity contribution in [3.63, 3.8) is 0 Å². The number of thiophene rings is 1. The first kappa shape index (κ1) is 17.2. The zero-order valence-corrected chi connectivity index (χ0v) is 13.3. The third-order valence-corrected chi connectivity index (χ3v) is 4.02. The molecule has 0 spiro atoms. The van der Waals surface area contributed by atoms with Crippen LogP contribution in [0, 0.1) is 19.3 Å². The minimum Gasteiger partial charge on any atom is -0.462 e. The number of carbonyl (C=O) groups is 2. The summed E-state index contributed by atoms with van der Waals surface area (Å²) in [5.41, 5.74) is 6.98. The Morgan fingerprint density at radius 3 is 2.67 bits per heavy atom. The third-order valence-electron chi connectivity index (χ3n) is 2.95. The fraction of sp³-hybridized carbons (Fsp3) is 0.467. The van der Waals surface area contributed by atoms with E-state index >= 15 is 0 Å². The predicted molar refractivity (Wildman–Crippen MR) is 84.4 cm³/mol. The lowest BCUT2D eigenvalue weighted by Gasteiger charge is -2.10. The van der Waals surface area contributed by atoms with Gasteiger partial charge in [0.25, 0.3) is 0 Å². The van der Waals surface area contributed by atoms with E-state index in [-0.39, 0.29) is 13.0 Å². The lowest BCUT2D eigenvalue weighted by atomic mass is 10.1. The largest absolute Gasteiger partial charge is 0.462 e.